The minimum atomic E-state index is -0.726. The number of hydrogen-bond donors (Lipinski definition) is 2. The Bertz CT molecular complexity index is 718. The number of fused-ring (bicyclic) bond motifs is 1. The molecule has 5 nitrogen and oxygen atoms in total. The van der Waals surface area contributed by atoms with Gasteiger partial charge in [-0.15, -0.1) is 12.4 Å². The highest BCUT2D eigenvalue weighted by Gasteiger charge is 2.35. The van der Waals surface area contributed by atoms with Crippen LogP contribution in [0, 0.1) is 0 Å². The molecule has 4 rings (SSSR count). The monoisotopic (exact) mass is 335 g/mol. The summed E-state index contributed by atoms with van der Waals surface area (Å²) in [5.41, 5.74) is 7.86. The summed E-state index contributed by atoms with van der Waals surface area (Å²) in [6.45, 7) is 0. The summed E-state index contributed by atoms with van der Waals surface area (Å²) in [5.74, 6) is 1.22. The van der Waals surface area contributed by atoms with Crippen LogP contribution in [-0.2, 0) is 4.79 Å². The summed E-state index contributed by atoms with van der Waals surface area (Å²) < 4.78 is 5.74. The number of rotatable bonds is 3. The number of nitrogens with zero attached hydrogens (tertiary/aromatic N) is 1. The molecule has 1 amide bonds. The van der Waals surface area contributed by atoms with E-state index in [9.17, 15) is 4.79 Å². The van der Waals surface area contributed by atoms with E-state index in [-0.39, 0.29) is 18.3 Å². The zero-order valence-corrected chi connectivity index (χ0v) is 13.8. The van der Waals surface area contributed by atoms with Gasteiger partial charge in [-0.2, -0.15) is 0 Å². The average Bonchev–Trinajstić information content (AvgIpc) is 3.28. The van der Waals surface area contributed by atoms with E-state index in [1.54, 1.807) is 0 Å². The Morgan fingerprint density at radius 2 is 2.00 bits per heavy atom. The fourth-order valence-corrected chi connectivity index (χ4v) is 3.19. The molecule has 3 N–H and O–H groups in total. The van der Waals surface area contributed by atoms with E-state index >= 15 is 0 Å². The van der Waals surface area contributed by atoms with Crippen molar-refractivity contribution in [3.63, 3.8) is 0 Å². The van der Waals surface area contributed by atoms with E-state index in [2.05, 4.69) is 10.3 Å². The summed E-state index contributed by atoms with van der Waals surface area (Å²) in [6.07, 6.45) is 7.06. The molecule has 0 spiro atoms. The van der Waals surface area contributed by atoms with Gasteiger partial charge in [-0.05, 0) is 43.9 Å². The van der Waals surface area contributed by atoms with Crippen LogP contribution in [0.1, 0.15) is 56.8 Å². The first kappa shape index (κ1) is 16.3. The number of amides is 1. The van der Waals surface area contributed by atoms with E-state index in [1.807, 2.05) is 18.2 Å². The summed E-state index contributed by atoms with van der Waals surface area (Å²) in [6, 6.07) is 5.59. The Kier molecular flexibility index (Phi) is 4.34. The molecule has 23 heavy (non-hydrogen) atoms. The number of hydrogen-bond acceptors (Lipinski definition) is 4. The van der Waals surface area contributed by atoms with Crippen LogP contribution in [-0.4, -0.2) is 16.4 Å². The van der Waals surface area contributed by atoms with Crippen molar-refractivity contribution in [2.45, 2.75) is 56.4 Å². The number of nitrogens with one attached hydrogen (secondary N) is 1. The van der Waals surface area contributed by atoms with Crippen LogP contribution < -0.4 is 11.1 Å². The van der Waals surface area contributed by atoms with Crippen molar-refractivity contribution in [2.75, 3.05) is 5.32 Å². The molecule has 6 heteroatoms. The van der Waals surface area contributed by atoms with E-state index in [0.717, 1.165) is 61.2 Å². The first-order valence-electron chi connectivity index (χ1n) is 8.15. The number of oxazole rings is 1. The molecule has 1 aromatic heterocycles. The highest BCUT2D eigenvalue weighted by Crippen LogP contribution is 2.40. The standard InChI is InChI=1S/C17H21N3O2.ClH/c18-17(8-2-1-3-9-17)16(21)19-12-6-7-14-13(10-12)20-15(22-14)11-4-5-11;/h6-7,10-11H,1-5,8-9,18H2,(H,19,21);1H. The summed E-state index contributed by atoms with van der Waals surface area (Å²) in [5, 5.41) is 2.95. The molecule has 2 aromatic rings. The first-order chi connectivity index (χ1) is 10.6. The largest absolute Gasteiger partial charge is 0.440 e. The third kappa shape index (κ3) is 3.21. The lowest BCUT2D eigenvalue weighted by Gasteiger charge is -2.31. The van der Waals surface area contributed by atoms with E-state index in [1.165, 1.54) is 6.42 Å². The zero-order valence-electron chi connectivity index (χ0n) is 13.0. The van der Waals surface area contributed by atoms with Crippen LogP contribution in [0.15, 0.2) is 22.6 Å². The molecule has 0 bridgehead atoms. The number of nitrogens with two attached hydrogens (primary N) is 1. The maximum Gasteiger partial charge on any atom is 0.244 e. The maximum absolute atomic E-state index is 12.5. The number of anilines is 1. The predicted molar refractivity (Wildman–Crippen MR) is 91.9 cm³/mol. The third-order valence-corrected chi connectivity index (χ3v) is 4.79. The van der Waals surface area contributed by atoms with Crippen molar-refractivity contribution in [1.29, 1.82) is 0 Å². The molecule has 0 aliphatic heterocycles. The van der Waals surface area contributed by atoms with Crippen molar-refractivity contribution in [3.8, 4) is 0 Å². The van der Waals surface area contributed by atoms with Gasteiger partial charge >= 0.3 is 0 Å². The van der Waals surface area contributed by atoms with Crippen LogP contribution in [0.4, 0.5) is 5.69 Å². The normalized spacial score (nSPS) is 20.0. The quantitative estimate of drug-likeness (QED) is 0.895. The second kappa shape index (κ2) is 6.13. The lowest BCUT2D eigenvalue weighted by molar-refractivity contribution is -0.122. The molecule has 0 saturated heterocycles. The van der Waals surface area contributed by atoms with Gasteiger partial charge in [-0.1, -0.05) is 19.3 Å². The van der Waals surface area contributed by atoms with Gasteiger partial charge in [0.25, 0.3) is 0 Å². The Morgan fingerprint density at radius 1 is 1.26 bits per heavy atom. The first-order valence-corrected chi connectivity index (χ1v) is 8.15. The number of aromatic nitrogens is 1. The van der Waals surface area contributed by atoms with Crippen molar-refractivity contribution in [1.82, 2.24) is 4.98 Å². The minimum absolute atomic E-state index is 0. The lowest BCUT2D eigenvalue weighted by atomic mass is 9.82. The lowest BCUT2D eigenvalue weighted by Crippen LogP contribution is -2.52. The van der Waals surface area contributed by atoms with Crippen molar-refractivity contribution in [2.24, 2.45) is 5.73 Å². The topological polar surface area (TPSA) is 81.2 Å². The van der Waals surface area contributed by atoms with Gasteiger partial charge in [0.2, 0.25) is 5.91 Å². The van der Waals surface area contributed by atoms with Crippen molar-refractivity contribution < 1.29 is 9.21 Å². The van der Waals surface area contributed by atoms with Crippen molar-refractivity contribution in [3.05, 3.63) is 24.1 Å². The summed E-state index contributed by atoms with van der Waals surface area (Å²) >= 11 is 0. The number of benzene rings is 1. The Morgan fingerprint density at radius 3 is 2.70 bits per heavy atom. The average molecular weight is 336 g/mol. The molecular weight excluding hydrogens is 314 g/mol. The summed E-state index contributed by atoms with van der Waals surface area (Å²) in [7, 11) is 0. The molecule has 1 heterocycles. The molecule has 2 fully saturated rings. The highest BCUT2D eigenvalue weighted by atomic mass is 35.5. The van der Waals surface area contributed by atoms with E-state index < -0.39 is 5.54 Å². The van der Waals surface area contributed by atoms with Crippen LogP contribution in [0.5, 0.6) is 0 Å². The van der Waals surface area contributed by atoms with Gasteiger partial charge in [0, 0.05) is 11.6 Å². The Hall–Kier alpha value is -1.59. The predicted octanol–water partition coefficient (Wildman–Crippen LogP) is 3.73. The molecule has 2 aliphatic rings. The smallest absolute Gasteiger partial charge is 0.244 e. The number of carbonyl (C=O) groups excluding carboxylic acids is 1. The third-order valence-electron chi connectivity index (χ3n) is 4.79. The van der Waals surface area contributed by atoms with Gasteiger partial charge in [-0.3, -0.25) is 4.79 Å². The molecule has 2 aliphatic carbocycles. The van der Waals surface area contributed by atoms with E-state index in [0.29, 0.717) is 5.92 Å². The molecule has 2 saturated carbocycles. The van der Waals surface area contributed by atoms with Crippen LogP contribution in [0.2, 0.25) is 0 Å². The minimum Gasteiger partial charge on any atom is -0.440 e. The number of halogens is 1. The second-order valence-corrected chi connectivity index (χ2v) is 6.68. The molecule has 0 unspecified atom stereocenters. The van der Waals surface area contributed by atoms with Gasteiger partial charge in [0.15, 0.2) is 11.5 Å². The van der Waals surface area contributed by atoms with Gasteiger partial charge in [0.05, 0.1) is 5.54 Å². The Balaban J connectivity index is 0.00000156. The fourth-order valence-electron chi connectivity index (χ4n) is 3.19. The molecule has 0 atom stereocenters. The van der Waals surface area contributed by atoms with Crippen LogP contribution in [0.3, 0.4) is 0 Å². The maximum atomic E-state index is 12.5. The Labute approximate surface area is 141 Å². The molecule has 1 aromatic carbocycles. The molecule has 124 valence electrons. The van der Waals surface area contributed by atoms with Crippen LogP contribution in [0.25, 0.3) is 11.1 Å². The fraction of sp³-hybridized carbons (Fsp3) is 0.529. The van der Waals surface area contributed by atoms with Crippen molar-refractivity contribution >= 4 is 35.1 Å². The molecular formula is C17H22ClN3O2. The van der Waals surface area contributed by atoms with Gasteiger partial charge < -0.3 is 15.5 Å². The second-order valence-electron chi connectivity index (χ2n) is 6.68. The van der Waals surface area contributed by atoms with E-state index in [4.69, 9.17) is 10.2 Å². The summed E-state index contributed by atoms with van der Waals surface area (Å²) in [4.78, 5) is 17.0. The van der Waals surface area contributed by atoms with Gasteiger partial charge in [0.1, 0.15) is 5.52 Å². The SMILES string of the molecule is Cl.NC1(C(=O)Nc2ccc3oc(C4CC4)nc3c2)CCCCC1. The van der Waals surface area contributed by atoms with Crippen LogP contribution >= 0.6 is 12.4 Å². The molecule has 0 radical (unpaired) electrons. The number of carbonyl (C=O) groups is 1. The highest BCUT2D eigenvalue weighted by molar-refractivity contribution is 5.99. The zero-order chi connectivity index (χ0) is 15.2. The van der Waals surface area contributed by atoms with Gasteiger partial charge in [-0.25, -0.2) is 4.98 Å².